The van der Waals surface area contributed by atoms with Crippen LogP contribution >= 0.6 is 11.3 Å². The molecule has 1 unspecified atom stereocenters. The number of rotatable bonds is 6. The summed E-state index contributed by atoms with van der Waals surface area (Å²) < 4.78 is 6.34. The molecule has 1 aromatic heterocycles. The Kier molecular flexibility index (Phi) is 4.71. The third-order valence-corrected chi connectivity index (χ3v) is 5.56. The lowest BCUT2D eigenvalue weighted by atomic mass is 10.0. The fraction of sp³-hybridized carbons (Fsp3) is 0.238. The van der Waals surface area contributed by atoms with Crippen LogP contribution in [0.15, 0.2) is 54.6 Å². The second-order valence-electron chi connectivity index (χ2n) is 6.45. The number of carbonyl (C=O) groups excluding carboxylic acids is 1. The van der Waals surface area contributed by atoms with Crippen LogP contribution in [-0.4, -0.2) is 18.0 Å². The molecule has 4 nitrogen and oxygen atoms in total. The molecule has 0 bridgehead atoms. The Balaban J connectivity index is 1.46. The van der Waals surface area contributed by atoms with Crippen LogP contribution in [0.25, 0.3) is 16.3 Å². The first-order valence-electron chi connectivity index (χ1n) is 8.71. The standard InChI is InChI=1S/C21H20N2O2S/c1-25-16-10-8-15(9-11-16)21(14-6-7-14)23-19(24)12-13-20-22-17-4-2-3-5-18(17)26-20/h2-5,8-14,21H,6-7H2,1H3,(H,23,24)/b13-12+. The first-order valence-corrected chi connectivity index (χ1v) is 9.53. The van der Waals surface area contributed by atoms with Crippen LogP contribution < -0.4 is 10.1 Å². The molecular formula is C21H20N2O2S. The van der Waals surface area contributed by atoms with Gasteiger partial charge in [-0.1, -0.05) is 24.3 Å². The van der Waals surface area contributed by atoms with Gasteiger partial charge in [0, 0.05) is 6.08 Å². The molecule has 132 valence electrons. The molecular weight excluding hydrogens is 344 g/mol. The zero-order chi connectivity index (χ0) is 17.9. The molecule has 0 radical (unpaired) electrons. The molecule has 0 spiro atoms. The van der Waals surface area contributed by atoms with Crippen molar-refractivity contribution >= 4 is 33.5 Å². The van der Waals surface area contributed by atoms with Gasteiger partial charge in [-0.25, -0.2) is 4.98 Å². The highest BCUT2D eigenvalue weighted by atomic mass is 32.1. The molecule has 3 aromatic rings. The first kappa shape index (κ1) is 16.8. The predicted octanol–water partition coefficient (Wildman–Crippen LogP) is 4.59. The van der Waals surface area contributed by atoms with E-state index in [1.165, 1.54) is 0 Å². The van der Waals surface area contributed by atoms with Gasteiger partial charge in [-0.05, 0) is 54.7 Å². The number of fused-ring (bicyclic) bond motifs is 1. The van der Waals surface area contributed by atoms with E-state index in [-0.39, 0.29) is 11.9 Å². The van der Waals surface area contributed by atoms with Crippen molar-refractivity contribution < 1.29 is 9.53 Å². The van der Waals surface area contributed by atoms with Gasteiger partial charge in [-0.3, -0.25) is 4.79 Å². The number of thiazole rings is 1. The van der Waals surface area contributed by atoms with Crippen LogP contribution in [0.4, 0.5) is 0 Å². The molecule has 2 aromatic carbocycles. The van der Waals surface area contributed by atoms with Crippen LogP contribution in [-0.2, 0) is 4.79 Å². The van der Waals surface area contributed by atoms with Crippen LogP contribution in [0, 0.1) is 5.92 Å². The number of nitrogens with one attached hydrogen (secondary N) is 1. The Morgan fingerprint density at radius 1 is 1.23 bits per heavy atom. The van der Waals surface area contributed by atoms with Crippen molar-refractivity contribution in [2.75, 3.05) is 7.11 Å². The smallest absolute Gasteiger partial charge is 0.244 e. The molecule has 1 aliphatic rings. The fourth-order valence-corrected chi connectivity index (χ4v) is 3.89. The van der Waals surface area contributed by atoms with Gasteiger partial charge in [0.05, 0.1) is 23.4 Å². The van der Waals surface area contributed by atoms with E-state index in [4.69, 9.17) is 4.74 Å². The summed E-state index contributed by atoms with van der Waals surface area (Å²) in [6, 6.07) is 16.0. The number of methoxy groups -OCH3 is 1. The van der Waals surface area contributed by atoms with E-state index in [1.807, 2.05) is 48.5 Å². The van der Waals surface area contributed by atoms with Crippen LogP contribution in [0.1, 0.15) is 29.5 Å². The molecule has 0 saturated heterocycles. The molecule has 26 heavy (non-hydrogen) atoms. The van der Waals surface area contributed by atoms with Gasteiger partial charge in [0.2, 0.25) is 5.91 Å². The van der Waals surface area contributed by atoms with Gasteiger partial charge >= 0.3 is 0 Å². The van der Waals surface area contributed by atoms with Crippen molar-refractivity contribution in [3.05, 3.63) is 65.2 Å². The average molecular weight is 364 g/mol. The maximum Gasteiger partial charge on any atom is 0.244 e. The number of hydrogen-bond donors (Lipinski definition) is 1. The van der Waals surface area contributed by atoms with Gasteiger partial charge in [0.15, 0.2) is 0 Å². The van der Waals surface area contributed by atoms with Crippen molar-refractivity contribution in [3.63, 3.8) is 0 Å². The molecule has 1 saturated carbocycles. The Labute approximate surface area is 156 Å². The second-order valence-corrected chi connectivity index (χ2v) is 7.51. The summed E-state index contributed by atoms with van der Waals surface area (Å²) in [5.74, 6) is 1.26. The number of benzene rings is 2. The number of para-hydroxylation sites is 1. The summed E-state index contributed by atoms with van der Waals surface area (Å²) in [5.41, 5.74) is 2.08. The van der Waals surface area contributed by atoms with Crippen molar-refractivity contribution in [2.24, 2.45) is 5.92 Å². The van der Waals surface area contributed by atoms with Crippen molar-refractivity contribution in [2.45, 2.75) is 18.9 Å². The monoisotopic (exact) mass is 364 g/mol. The van der Waals surface area contributed by atoms with E-state index in [0.717, 1.165) is 39.4 Å². The first-order chi connectivity index (χ1) is 12.7. The summed E-state index contributed by atoms with van der Waals surface area (Å²) in [6.45, 7) is 0. The van der Waals surface area contributed by atoms with E-state index in [0.29, 0.717) is 5.92 Å². The Morgan fingerprint density at radius 2 is 2.00 bits per heavy atom. The molecule has 1 N–H and O–H groups in total. The zero-order valence-corrected chi connectivity index (χ0v) is 15.3. The highest BCUT2D eigenvalue weighted by Crippen LogP contribution is 2.41. The SMILES string of the molecule is COc1ccc(C(NC(=O)/C=C/c2nc3ccccc3s2)C2CC2)cc1. The lowest BCUT2D eigenvalue weighted by Gasteiger charge is -2.18. The Morgan fingerprint density at radius 3 is 2.69 bits per heavy atom. The van der Waals surface area contributed by atoms with Crippen molar-refractivity contribution in [1.82, 2.24) is 10.3 Å². The van der Waals surface area contributed by atoms with Crippen molar-refractivity contribution in [1.29, 1.82) is 0 Å². The average Bonchev–Trinajstić information content (AvgIpc) is 3.43. The third-order valence-electron chi connectivity index (χ3n) is 4.55. The topological polar surface area (TPSA) is 51.2 Å². The highest BCUT2D eigenvalue weighted by molar-refractivity contribution is 7.19. The molecule has 1 atom stereocenters. The maximum absolute atomic E-state index is 12.4. The van der Waals surface area contributed by atoms with E-state index >= 15 is 0 Å². The molecule has 1 fully saturated rings. The second kappa shape index (κ2) is 7.30. The Hall–Kier alpha value is -2.66. The number of ether oxygens (including phenoxy) is 1. The summed E-state index contributed by atoms with van der Waals surface area (Å²) in [5, 5.41) is 3.99. The molecule has 5 heteroatoms. The number of amides is 1. The molecule has 1 aliphatic carbocycles. The van der Waals surface area contributed by atoms with E-state index in [2.05, 4.69) is 10.3 Å². The largest absolute Gasteiger partial charge is 0.497 e. The lowest BCUT2D eigenvalue weighted by Crippen LogP contribution is -2.28. The molecule has 0 aliphatic heterocycles. The van der Waals surface area contributed by atoms with Crippen LogP contribution in [0.3, 0.4) is 0 Å². The van der Waals surface area contributed by atoms with E-state index < -0.39 is 0 Å². The van der Waals surface area contributed by atoms with Gasteiger partial charge < -0.3 is 10.1 Å². The quantitative estimate of drug-likeness (QED) is 0.651. The number of carbonyl (C=O) groups is 1. The number of nitrogens with zero attached hydrogens (tertiary/aromatic N) is 1. The molecule has 4 rings (SSSR count). The minimum atomic E-state index is -0.0861. The van der Waals surface area contributed by atoms with E-state index in [1.54, 1.807) is 30.6 Å². The normalized spacial score (nSPS) is 15.3. The predicted molar refractivity (Wildman–Crippen MR) is 105 cm³/mol. The van der Waals surface area contributed by atoms with Gasteiger partial charge in [0.1, 0.15) is 10.8 Å². The van der Waals surface area contributed by atoms with E-state index in [9.17, 15) is 4.79 Å². The van der Waals surface area contributed by atoms with Crippen molar-refractivity contribution in [3.8, 4) is 5.75 Å². The summed E-state index contributed by atoms with van der Waals surface area (Å²) >= 11 is 1.59. The highest BCUT2D eigenvalue weighted by Gasteiger charge is 2.33. The summed E-state index contributed by atoms with van der Waals surface area (Å²) in [4.78, 5) is 17.0. The van der Waals surface area contributed by atoms with Crippen LogP contribution in [0.5, 0.6) is 5.75 Å². The lowest BCUT2D eigenvalue weighted by molar-refractivity contribution is -0.117. The summed E-state index contributed by atoms with van der Waals surface area (Å²) in [7, 11) is 1.65. The minimum Gasteiger partial charge on any atom is -0.497 e. The number of hydrogen-bond acceptors (Lipinski definition) is 4. The minimum absolute atomic E-state index is 0.0495. The van der Waals surface area contributed by atoms with Gasteiger partial charge in [-0.15, -0.1) is 11.3 Å². The fourth-order valence-electron chi connectivity index (χ4n) is 3.02. The third kappa shape index (κ3) is 3.78. The van der Waals surface area contributed by atoms with Gasteiger partial charge in [-0.2, -0.15) is 0 Å². The number of aromatic nitrogens is 1. The molecule has 1 heterocycles. The molecule has 1 amide bonds. The Bertz CT molecular complexity index is 909. The van der Waals surface area contributed by atoms with Crippen LogP contribution in [0.2, 0.25) is 0 Å². The summed E-state index contributed by atoms with van der Waals surface area (Å²) in [6.07, 6.45) is 5.67. The zero-order valence-electron chi connectivity index (χ0n) is 14.5. The van der Waals surface area contributed by atoms with Gasteiger partial charge in [0.25, 0.3) is 0 Å². The maximum atomic E-state index is 12.4.